The SMILES string of the molecule is CC(=O)OC1=C(N)OC(c2cccc3ccccc23)C1=O. The predicted molar refractivity (Wildman–Crippen MR) is 75.8 cm³/mol. The molecular formula is C16H13NO4. The third-order valence-electron chi connectivity index (χ3n) is 3.28. The lowest BCUT2D eigenvalue weighted by Crippen LogP contribution is -2.13. The van der Waals surface area contributed by atoms with Gasteiger partial charge in [-0.25, -0.2) is 0 Å². The molecule has 0 saturated heterocycles. The van der Waals surface area contributed by atoms with Gasteiger partial charge in [-0.05, 0) is 10.8 Å². The molecule has 0 fully saturated rings. The number of ether oxygens (including phenoxy) is 2. The minimum absolute atomic E-state index is 0.159. The topological polar surface area (TPSA) is 78.6 Å². The van der Waals surface area contributed by atoms with E-state index in [0.717, 1.165) is 10.8 Å². The third kappa shape index (κ3) is 2.23. The molecular weight excluding hydrogens is 270 g/mol. The van der Waals surface area contributed by atoms with Crippen LogP contribution < -0.4 is 5.73 Å². The summed E-state index contributed by atoms with van der Waals surface area (Å²) >= 11 is 0. The van der Waals surface area contributed by atoms with Crippen molar-refractivity contribution in [3.63, 3.8) is 0 Å². The van der Waals surface area contributed by atoms with Crippen molar-refractivity contribution in [1.29, 1.82) is 0 Å². The predicted octanol–water partition coefficient (Wildman–Crippen LogP) is 2.17. The minimum Gasteiger partial charge on any atom is -0.460 e. The minimum atomic E-state index is -0.884. The Hall–Kier alpha value is -2.82. The van der Waals surface area contributed by atoms with Crippen LogP contribution in [0.1, 0.15) is 18.6 Å². The summed E-state index contributed by atoms with van der Waals surface area (Å²) in [7, 11) is 0. The first-order valence-electron chi connectivity index (χ1n) is 6.44. The first-order valence-corrected chi connectivity index (χ1v) is 6.44. The quantitative estimate of drug-likeness (QED) is 0.854. The first-order chi connectivity index (χ1) is 10.1. The zero-order chi connectivity index (χ0) is 15.0. The zero-order valence-corrected chi connectivity index (χ0v) is 11.3. The normalized spacial score (nSPS) is 18.0. The summed E-state index contributed by atoms with van der Waals surface area (Å²) < 4.78 is 10.3. The van der Waals surface area contributed by atoms with E-state index in [1.807, 2.05) is 36.4 Å². The maximum Gasteiger partial charge on any atom is 0.308 e. The molecule has 0 saturated carbocycles. The number of Topliss-reactive ketones (excluding diaryl/α,β-unsaturated/α-hetero) is 1. The zero-order valence-electron chi connectivity index (χ0n) is 11.3. The summed E-state index contributed by atoms with van der Waals surface area (Å²) in [6.07, 6.45) is -0.884. The van der Waals surface area contributed by atoms with Gasteiger partial charge in [0, 0.05) is 12.5 Å². The number of esters is 1. The molecule has 1 aliphatic heterocycles. The summed E-state index contributed by atoms with van der Waals surface area (Å²) in [4.78, 5) is 23.4. The van der Waals surface area contributed by atoms with Crippen LogP contribution in [-0.2, 0) is 19.1 Å². The molecule has 0 spiro atoms. The number of nitrogens with two attached hydrogens (primary N) is 1. The Balaban J connectivity index is 2.03. The van der Waals surface area contributed by atoms with Crippen molar-refractivity contribution in [2.75, 3.05) is 0 Å². The second kappa shape index (κ2) is 4.94. The van der Waals surface area contributed by atoms with Crippen LogP contribution in [-0.4, -0.2) is 11.8 Å². The fourth-order valence-electron chi connectivity index (χ4n) is 2.40. The second-order valence-corrected chi connectivity index (χ2v) is 4.72. The van der Waals surface area contributed by atoms with Crippen molar-refractivity contribution < 1.29 is 19.1 Å². The molecule has 0 aromatic heterocycles. The Bertz CT molecular complexity index is 773. The van der Waals surface area contributed by atoms with Crippen LogP contribution in [0.2, 0.25) is 0 Å². The van der Waals surface area contributed by atoms with Gasteiger partial charge in [0.15, 0.2) is 6.10 Å². The van der Waals surface area contributed by atoms with E-state index in [2.05, 4.69) is 0 Å². The Kier molecular flexibility index (Phi) is 3.10. The highest BCUT2D eigenvalue weighted by Crippen LogP contribution is 2.35. The van der Waals surface area contributed by atoms with E-state index in [0.29, 0.717) is 5.56 Å². The number of fused-ring (bicyclic) bond motifs is 1. The number of carbonyl (C=O) groups excluding carboxylic acids is 2. The van der Waals surface area contributed by atoms with Crippen LogP contribution in [0.25, 0.3) is 10.8 Å². The molecule has 106 valence electrons. The summed E-state index contributed by atoms with van der Waals surface area (Å²) in [6, 6.07) is 13.2. The largest absolute Gasteiger partial charge is 0.460 e. The Morgan fingerprint density at radius 2 is 1.90 bits per heavy atom. The van der Waals surface area contributed by atoms with Gasteiger partial charge in [0.2, 0.25) is 17.4 Å². The average Bonchev–Trinajstić information content (AvgIpc) is 2.74. The van der Waals surface area contributed by atoms with Crippen LogP contribution >= 0.6 is 0 Å². The van der Waals surface area contributed by atoms with E-state index in [4.69, 9.17) is 15.2 Å². The number of carbonyl (C=O) groups is 2. The van der Waals surface area contributed by atoms with E-state index >= 15 is 0 Å². The van der Waals surface area contributed by atoms with Crippen LogP contribution in [0, 0.1) is 0 Å². The van der Waals surface area contributed by atoms with E-state index in [9.17, 15) is 9.59 Å². The molecule has 1 aliphatic rings. The maximum atomic E-state index is 12.4. The van der Waals surface area contributed by atoms with Crippen molar-refractivity contribution in [3.05, 3.63) is 59.7 Å². The van der Waals surface area contributed by atoms with Crippen LogP contribution in [0.3, 0.4) is 0 Å². The van der Waals surface area contributed by atoms with Gasteiger partial charge in [-0.2, -0.15) is 0 Å². The standard InChI is InChI=1S/C16H13NO4/c1-9(18)20-15-13(19)14(21-16(15)17)12-8-4-6-10-5-2-3-7-11(10)12/h2-8,14H,17H2,1H3. The van der Waals surface area contributed by atoms with Crippen molar-refractivity contribution in [2.24, 2.45) is 5.73 Å². The summed E-state index contributed by atoms with van der Waals surface area (Å²) in [5, 5.41) is 1.89. The van der Waals surface area contributed by atoms with Gasteiger partial charge in [0.25, 0.3) is 0 Å². The highest BCUT2D eigenvalue weighted by Gasteiger charge is 2.38. The fraction of sp³-hybridized carbons (Fsp3) is 0.125. The molecule has 2 aromatic carbocycles. The molecule has 21 heavy (non-hydrogen) atoms. The molecule has 3 rings (SSSR count). The molecule has 2 aromatic rings. The molecule has 1 unspecified atom stereocenters. The lowest BCUT2D eigenvalue weighted by atomic mass is 9.98. The number of hydrogen-bond acceptors (Lipinski definition) is 5. The Morgan fingerprint density at radius 3 is 2.67 bits per heavy atom. The second-order valence-electron chi connectivity index (χ2n) is 4.72. The molecule has 0 bridgehead atoms. The average molecular weight is 283 g/mol. The number of hydrogen-bond donors (Lipinski definition) is 1. The molecule has 0 aliphatic carbocycles. The van der Waals surface area contributed by atoms with Crippen molar-refractivity contribution in [2.45, 2.75) is 13.0 Å². The number of rotatable bonds is 2. The molecule has 0 radical (unpaired) electrons. The smallest absolute Gasteiger partial charge is 0.308 e. The van der Waals surface area contributed by atoms with Crippen LogP contribution in [0.4, 0.5) is 0 Å². The summed E-state index contributed by atoms with van der Waals surface area (Å²) in [5.41, 5.74) is 6.35. The highest BCUT2D eigenvalue weighted by molar-refractivity contribution is 6.03. The van der Waals surface area contributed by atoms with Crippen molar-refractivity contribution in [3.8, 4) is 0 Å². The van der Waals surface area contributed by atoms with E-state index in [-0.39, 0.29) is 11.6 Å². The van der Waals surface area contributed by atoms with Crippen molar-refractivity contribution >= 4 is 22.5 Å². The number of ketones is 1. The molecule has 5 heteroatoms. The van der Waals surface area contributed by atoms with Gasteiger partial charge in [0.05, 0.1) is 0 Å². The Morgan fingerprint density at radius 1 is 1.19 bits per heavy atom. The highest BCUT2D eigenvalue weighted by atomic mass is 16.6. The molecule has 5 nitrogen and oxygen atoms in total. The molecule has 1 heterocycles. The fourth-order valence-corrected chi connectivity index (χ4v) is 2.40. The van der Waals surface area contributed by atoms with Gasteiger partial charge < -0.3 is 15.2 Å². The number of benzene rings is 2. The molecule has 2 N–H and O–H groups in total. The lowest BCUT2D eigenvalue weighted by Gasteiger charge is -2.12. The van der Waals surface area contributed by atoms with E-state index in [1.54, 1.807) is 6.07 Å². The van der Waals surface area contributed by atoms with E-state index < -0.39 is 17.9 Å². The maximum absolute atomic E-state index is 12.4. The van der Waals surface area contributed by atoms with Gasteiger partial charge in [-0.3, -0.25) is 9.59 Å². The monoisotopic (exact) mass is 283 g/mol. The van der Waals surface area contributed by atoms with Gasteiger partial charge in [-0.1, -0.05) is 42.5 Å². The molecule has 0 amide bonds. The first kappa shape index (κ1) is 13.2. The van der Waals surface area contributed by atoms with E-state index in [1.165, 1.54) is 6.92 Å². The van der Waals surface area contributed by atoms with Crippen LogP contribution in [0.15, 0.2) is 54.1 Å². The van der Waals surface area contributed by atoms with Gasteiger partial charge in [0.1, 0.15) is 0 Å². The summed E-state index contributed by atoms with van der Waals surface area (Å²) in [6.45, 7) is 1.21. The lowest BCUT2D eigenvalue weighted by molar-refractivity contribution is -0.140. The van der Waals surface area contributed by atoms with Crippen LogP contribution in [0.5, 0.6) is 0 Å². The third-order valence-corrected chi connectivity index (χ3v) is 3.28. The van der Waals surface area contributed by atoms with Gasteiger partial charge in [-0.15, -0.1) is 0 Å². The van der Waals surface area contributed by atoms with Gasteiger partial charge >= 0.3 is 5.97 Å². The molecule has 1 atom stereocenters. The summed E-state index contributed by atoms with van der Waals surface area (Å²) in [5.74, 6) is -1.43. The Labute approximate surface area is 120 Å². The van der Waals surface area contributed by atoms with Crippen molar-refractivity contribution in [1.82, 2.24) is 0 Å².